The first-order valence-corrected chi connectivity index (χ1v) is 9.91. The predicted molar refractivity (Wildman–Crippen MR) is 124 cm³/mol. The fraction of sp³-hybridized carbons (Fsp3) is 0.222. The zero-order valence-corrected chi connectivity index (χ0v) is 17.6. The molecule has 2 heteroatoms. The third kappa shape index (κ3) is 8.18. The summed E-state index contributed by atoms with van der Waals surface area (Å²) in [7, 11) is 0. The summed E-state index contributed by atoms with van der Waals surface area (Å²) in [4.78, 5) is 12.0. The Labute approximate surface area is 174 Å². The van der Waals surface area contributed by atoms with E-state index in [9.17, 15) is 4.79 Å². The van der Waals surface area contributed by atoms with Crippen LogP contribution in [0.1, 0.15) is 44.7 Å². The van der Waals surface area contributed by atoms with Crippen LogP contribution in [0, 0.1) is 5.41 Å². The Hall–Kier alpha value is -3.13. The third-order valence-electron chi connectivity index (χ3n) is 4.67. The lowest BCUT2D eigenvalue weighted by Gasteiger charge is -2.20. The Morgan fingerprint density at radius 2 is 1.66 bits per heavy atom. The van der Waals surface area contributed by atoms with Gasteiger partial charge in [0.1, 0.15) is 5.75 Å². The zero-order chi connectivity index (χ0) is 21.1. The van der Waals surface area contributed by atoms with Gasteiger partial charge in [0.2, 0.25) is 0 Å². The maximum atomic E-state index is 12.0. The SMILES string of the molecule is C=C[C@@](C)(/C=C/c1ccc(OC(=O)/C=C/c2ccccc2)cc1)CCC=C(C)C. The molecule has 0 heterocycles. The molecule has 2 aromatic rings. The highest BCUT2D eigenvalue weighted by atomic mass is 16.5. The van der Waals surface area contributed by atoms with Gasteiger partial charge >= 0.3 is 5.97 Å². The van der Waals surface area contributed by atoms with E-state index in [4.69, 9.17) is 4.74 Å². The molecule has 0 aliphatic heterocycles. The van der Waals surface area contributed by atoms with Crippen molar-refractivity contribution in [2.45, 2.75) is 33.6 Å². The molecule has 2 nitrogen and oxygen atoms in total. The lowest BCUT2D eigenvalue weighted by molar-refractivity contribution is -0.128. The van der Waals surface area contributed by atoms with Crippen molar-refractivity contribution in [3.05, 3.63) is 102 Å². The number of hydrogen-bond donors (Lipinski definition) is 0. The van der Waals surface area contributed by atoms with Crippen LogP contribution in [0.4, 0.5) is 0 Å². The van der Waals surface area contributed by atoms with E-state index >= 15 is 0 Å². The molecule has 29 heavy (non-hydrogen) atoms. The normalized spacial score (nSPS) is 13.2. The van der Waals surface area contributed by atoms with E-state index in [0.29, 0.717) is 5.75 Å². The van der Waals surface area contributed by atoms with Crippen molar-refractivity contribution in [2.24, 2.45) is 5.41 Å². The van der Waals surface area contributed by atoms with Gasteiger partial charge in [0.25, 0.3) is 0 Å². The van der Waals surface area contributed by atoms with E-state index in [1.807, 2.05) is 60.7 Å². The van der Waals surface area contributed by atoms with Gasteiger partial charge < -0.3 is 4.74 Å². The fourth-order valence-corrected chi connectivity index (χ4v) is 2.74. The number of allylic oxidation sites excluding steroid dienone is 4. The van der Waals surface area contributed by atoms with E-state index in [2.05, 4.69) is 45.6 Å². The van der Waals surface area contributed by atoms with E-state index in [-0.39, 0.29) is 5.41 Å². The highest BCUT2D eigenvalue weighted by Gasteiger charge is 2.15. The molecule has 0 amide bonds. The maximum absolute atomic E-state index is 12.0. The minimum atomic E-state index is -0.393. The van der Waals surface area contributed by atoms with Crippen molar-refractivity contribution in [1.29, 1.82) is 0 Å². The summed E-state index contributed by atoms with van der Waals surface area (Å²) in [6.07, 6.45) is 13.7. The summed E-state index contributed by atoms with van der Waals surface area (Å²) in [5, 5.41) is 0. The molecule has 0 radical (unpaired) electrons. The monoisotopic (exact) mass is 386 g/mol. The summed E-state index contributed by atoms with van der Waals surface area (Å²) in [6.45, 7) is 10.4. The first-order valence-electron chi connectivity index (χ1n) is 9.91. The highest BCUT2D eigenvalue weighted by molar-refractivity contribution is 5.88. The summed E-state index contributed by atoms with van der Waals surface area (Å²) >= 11 is 0. The van der Waals surface area contributed by atoms with Crippen molar-refractivity contribution < 1.29 is 9.53 Å². The van der Waals surface area contributed by atoms with Gasteiger partial charge in [0.15, 0.2) is 0 Å². The molecule has 0 aliphatic rings. The van der Waals surface area contributed by atoms with E-state index in [1.54, 1.807) is 6.08 Å². The standard InChI is InChI=1S/C27H30O2/c1-5-27(4,20-9-10-22(2)3)21-19-24-13-16-25(17-14-24)29-26(28)18-15-23-11-7-6-8-12-23/h5-8,10-19,21H,1,9,20H2,2-4H3/b18-15+,21-19+/t27-/m1/s1. The van der Waals surface area contributed by atoms with Gasteiger partial charge in [-0.3, -0.25) is 0 Å². The van der Waals surface area contributed by atoms with E-state index in [1.165, 1.54) is 11.6 Å². The lowest BCUT2D eigenvalue weighted by atomic mass is 9.84. The highest BCUT2D eigenvalue weighted by Crippen LogP contribution is 2.28. The van der Waals surface area contributed by atoms with Gasteiger partial charge in [0.05, 0.1) is 0 Å². The molecule has 0 bridgehead atoms. The Bertz CT molecular complexity index is 882. The third-order valence-corrected chi connectivity index (χ3v) is 4.67. The largest absolute Gasteiger partial charge is 0.423 e. The molecule has 0 saturated heterocycles. The van der Waals surface area contributed by atoms with Crippen LogP contribution in [0.15, 0.2) is 91.1 Å². The Balaban J connectivity index is 1.94. The summed E-state index contributed by atoms with van der Waals surface area (Å²) < 4.78 is 5.36. The Kier molecular flexibility index (Phi) is 8.42. The zero-order valence-electron chi connectivity index (χ0n) is 17.6. The average Bonchev–Trinajstić information content (AvgIpc) is 2.72. The number of hydrogen-bond acceptors (Lipinski definition) is 2. The molecular formula is C27H30O2. The molecule has 150 valence electrons. The number of esters is 1. The summed E-state index contributed by atoms with van der Waals surface area (Å²) in [6, 6.07) is 17.2. The second-order valence-electron chi connectivity index (χ2n) is 7.60. The first kappa shape index (κ1) is 22.2. The van der Waals surface area contributed by atoms with Crippen LogP contribution in [0.3, 0.4) is 0 Å². The molecule has 0 fully saturated rings. The second kappa shape index (κ2) is 11.0. The Morgan fingerprint density at radius 3 is 2.28 bits per heavy atom. The minimum absolute atomic E-state index is 0.0562. The van der Waals surface area contributed by atoms with Gasteiger partial charge in [-0.05, 0) is 56.0 Å². The smallest absolute Gasteiger partial charge is 0.336 e. The van der Waals surface area contributed by atoms with Crippen molar-refractivity contribution in [3.8, 4) is 5.75 Å². The molecule has 0 spiro atoms. The van der Waals surface area contributed by atoms with Crippen LogP contribution in [-0.4, -0.2) is 5.97 Å². The topological polar surface area (TPSA) is 26.3 Å². The van der Waals surface area contributed by atoms with Crippen molar-refractivity contribution in [2.75, 3.05) is 0 Å². The summed E-state index contributed by atoms with van der Waals surface area (Å²) in [5.41, 5.74) is 3.29. The number of carbonyl (C=O) groups is 1. The number of rotatable bonds is 9. The predicted octanol–water partition coefficient (Wildman–Crippen LogP) is 7.26. The molecule has 2 rings (SSSR count). The maximum Gasteiger partial charge on any atom is 0.336 e. The van der Waals surface area contributed by atoms with Crippen LogP contribution in [-0.2, 0) is 4.79 Å². The van der Waals surface area contributed by atoms with Gasteiger partial charge in [-0.25, -0.2) is 4.79 Å². The van der Waals surface area contributed by atoms with Crippen molar-refractivity contribution in [1.82, 2.24) is 0 Å². The average molecular weight is 387 g/mol. The fourth-order valence-electron chi connectivity index (χ4n) is 2.74. The molecule has 0 unspecified atom stereocenters. The summed E-state index contributed by atoms with van der Waals surface area (Å²) in [5.74, 6) is 0.135. The van der Waals surface area contributed by atoms with Gasteiger partial charge in [-0.2, -0.15) is 0 Å². The molecule has 0 aromatic heterocycles. The van der Waals surface area contributed by atoms with Gasteiger partial charge in [0, 0.05) is 11.5 Å². The molecule has 1 atom stereocenters. The molecule has 0 aliphatic carbocycles. The van der Waals surface area contributed by atoms with Crippen LogP contribution < -0.4 is 4.74 Å². The first-order chi connectivity index (χ1) is 13.9. The number of ether oxygens (including phenoxy) is 1. The Morgan fingerprint density at radius 1 is 1.00 bits per heavy atom. The van der Waals surface area contributed by atoms with Gasteiger partial charge in [-0.1, -0.05) is 79.3 Å². The van der Waals surface area contributed by atoms with Crippen LogP contribution >= 0.6 is 0 Å². The molecule has 2 aromatic carbocycles. The quantitative estimate of drug-likeness (QED) is 0.196. The number of carbonyl (C=O) groups excluding carboxylic acids is 1. The second-order valence-corrected chi connectivity index (χ2v) is 7.60. The molecular weight excluding hydrogens is 356 g/mol. The van der Waals surface area contributed by atoms with Crippen LogP contribution in [0.5, 0.6) is 5.75 Å². The minimum Gasteiger partial charge on any atom is -0.423 e. The number of benzene rings is 2. The van der Waals surface area contributed by atoms with Crippen LogP contribution in [0.2, 0.25) is 0 Å². The van der Waals surface area contributed by atoms with Crippen molar-refractivity contribution in [3.63, 3.8) is 0 Å². The van der Waals surface area contributed by atoms with E-state index in [0.717, 1.165) is 24.0 Å². The lowest BCUT2D eigenvalue weighted by Crippen LogP contribution is -2.08. The van der Waals surface area contributed by atoms with Crippen molar-refractivity contribution >= 4 is 18.1 Å². The molecule has 0 N–H and O–H groups in total. The molecule has 0 saturated carbocycles. The van der Waals surface area contributed by atoms with Gasteiger partial charge in [-0.15, -0.1) is 6.58 Å². The van der Waals surface area contributed by atoms with E-state index < -0.39 is 5.97 Å². The van der Waals surface area contributed by atoms with Crippen LogP contribution in [0.25, 0.3) is 12.2 Å².